The number of furan rings is 1. The van der Waals surface area contributed by atoms with E-state index in [1.54, 1.807) is 17.2 Å². The van der Waals surface area contributed by atoms with Crippen LogP contribution >= 0.6 is 0 Å². The van der Waals surface area contributed by atoms with E-state index in [4.69, 9.17) is 4.42 Å². The lowest BCUT2D eigenvalue weighted by Gasteiger charge is -2.44. The largest absolute Gasteiger partial charge is 0.460 e. The number of fused-ring (bicyclic) bond motifs is 3. The summed E-state index contributed by atoms with van der Waals surface area (Å²) in [5.74, 6) is 0.518. The van der Waals surface area contributed by atoms with Crippen molar-refractivity contribution < 1.29 is 14.0 Å². The smallest absolute Gasteiger partial charge is 0.271 e. The van der Waals surface area contributed by atoms with Gasteiger partial charge in [-0.15, -0.1) is 0 Å². The van der Waals surface area contributed by atoms with Gasteiger partial charge in [0.2, 0.25) is 5.91 Å². The molecule has 7 heteroatoms. The summed E-state index contributed by atoms with van der Waals surface area (Å²) in [6, 6.07) is 9.53. The number of carbonyl (C=O) groups is 2. The molecule has 2 aliphatic rings. The number of amides is 2. The molecule has 1 saturated carbocycles. The van der Waals surface area contributed by atoms with Crippen molar-refractivity contribution in [1.29, 1.82) is 0 Å². The number of rotatable bonds is 4. The third-order valence-electron chi connectivity index (χ3n) is 6.96. The first kappa shape index (κ1) is 20.8. The van der Waals surface area contributed by atoms with Crippen LogP contribution in [-0.2, 0) is 17.9 Å². The Kier molecular flexibility index (Phi) is 5.27. The van der Waals surface area contributed by atoms with E-state index in [0.29, 0.717) is 17.8 Å². The fourth-order valence-electron chi connectivity index (χ4n) is 5.13. The summed E-state index contributed by atoms with van der Waals surface area (Å²) >= 11 is 0. The summed E-state index contributed by atoms with van der Waals surface area (Å²) < 4.78 is 7.72. The third-order valence-corrected chi connectivity index (χ3v) is 6.96. The molecule has 0 bridgehead atoms. The van der Waals surface area contributed by atoms with Gasteiger partial charge in [0.1, 0.15) is 17.0 Å². The number of nitrogens with one attached hydrogen (secondary N) is 1. The van der Waals surface area contributed by atoms with Gasteiger partial charge in [-0.3, -0.25) is 14.6 Å². The number of aromatic nitrogens is 2. The fourth-order valence-corrected chi connectivity index (χ4v) is 5.13. The average molecular weight is 435 g/mol. The number of hydrogen-bond acceptors (Lipinski definition) is 4. The van der Waals surface area contributed by atoms with Crippen LogP contribution in [0.15, 0.2) is 40.9 Å². The van der Waals surface area contributed by atoms with Gasteiger partial charge < -0.3 is 19.2 Å². The molecule has 1 fully saturated rings. The van der Waals surface area contributed by atoms with Crippen LogP contribution in [0.1, 0.15) is 67.4 Å². The quantitative estimate of drug-likeness (QED) is 0.625. The minimum Gasteiger partial charge on any atom is -0.460 e. The average Bonchev–Trinajstić information content (AvgIpc) is 3.17. The van der Waals surface area contributed by atoms with Crippen LogP contribution in [0, 0.1) is 6.92 Å². The molecule has 1 atom stereocenters. The third kappa shape index (κ3) is 3.59. The highest BCUT2D eigenvalue weighted by Gasteiger charge is 2.48. The van der Waals surface area contributed by atoms with E-state index in [1.165, 1.54) is 12.8 Å². The van der Waals surface area contributed by atoms with E-state index in [1.807, 2.05) is 42.7 Å². The number of carbonyl (C=O) groups excluding carboxylic acids is 2. The van der Waals surface area contributed by atoms with Gasteiger partial charge >= 0.3 is 0 Å². The topological polar surface area (TPSA) is 80.4 Å². The van der Waals surface area contributed by atoms with E-state index >= 15 is 0 Å². The Balaban J connectivity index is 1.52. The van der Waals surface area contributed by atoms with Crippen molar-refractivity contribution in [3.8, 4) is 0 Å². The molecule has 5 rings (SSSR count). The molecule has 168 valence electrons. The summed E-state index contributed by atoms with van der Waals surface area (Å²) in [6.07, 6.45) is 8.41. The molecular formula is C25H30N4O3. The Morgan fingerprint density at radius 1 is 1.22 bits per heavy atom. The van der Waals surface area contributed by atoms with Crippen LogP contribution in [0.2, 0.25) is 0 Å². The van der Waals surface area contributed by atoms with E-state index in [2.05, 4.69) is 10.3 Å². The molecule has 1 aliphatic heterocycles. The van der Waals surface area contributed by atoms with Crippen LogP contribution in [-0.4, -0.2) is 37.8 Å². The highest BCUT2D eigenvalue weighted by Crippen LogP contribution is 2.34. The molecule has 3 aromatic rings. The Morgan fingerprint density at radius 2 is 2.00 bits per heavy atom. The fraction of sp³-hybridized carbons (Fsp3) is 0.480. The van der Waals surface area contributed by atoms with Crippen LogP contribution in [0.25, 0.3) is 11.1 Å². The van der Waals surface area contributed by atoms with Gasteiger partial charge in [0.05, 0.1) is 24.3 Å². The Labute approximate surface area is 187 Å². The molecule has 1 aliphatic carbocycles. The maximum Gasteiger partial charge on any atom is 0.271 e. The molecule has 0 unspecified atom stereocenters. The van der Waals surface area contributed by atoms with Crippen LogP contribution in [0.4, 0.5) is 0 Å². The molecule has 0 radical (unpaired) electrons. The van der Waals surface area contributed by atoms with Crippen molar-refractivity contribution in [1.82, 2.24) is 19.8 Å². The monoisotopic (exact) mass is 434 g/mol. The van der Waals surface area contributed by atoms with Crippen molar-refractivity contribution in [2.45, 2.75) is 77.0 Å². The molecule has 7 nitrogen and oxygen atoms in total. The predicted molar refractivity (Wildman–Crippen MR) is 121 cm³/mol. The first-order chi connectivity index (χ1) is 15.5. The van der Waals surface area contributed by atoms with E-state index in [-0.39, 0.29) is 24.4 Å². The molecule has 1 N–H and O–H groups in total. The zero-order valence-electron chi connectivity index (χ0n) is 18.8. The normalized spacial score (nSPS) is 22.1. The standard InChI is InChI=1S/C25H30N4O3/c1-17-13-20-22(32-17)14-21-23(30)29(15-19-11-7-8-12-26-19)25(2,16-28(20)21)24(31)27-18-9-5-3-4-6-10-18/h7-8,11-14,18H,3-6,9-10,15-16H2,1-2H3,(H,27,31)/t25-/m0/s1. The SMILES string of the molecule is Cc1cc2c(cc3n2C[C@@](C)(C(=O)NC2CCCCCC2)N(Cc2ccccn2)C3=O)o1. The molecular weight excluding hydrogens is 404 g/mol. The van der Waals surface area contributed by atoms with Crippen LogP contribution in [0.5, 0.6) is 0 Å². The molecule has 0 aromatic carbocycles. The second-order valence-electron chi connectivity index (χ2n) is 9.37. The van der Waals surface area contributed by atoms with Gasteiger partial charge in [-0.1, -0.05) is 31.7 Å². The molecule has 4 heterocycles. The van der Waals surface area contributed by atoms with Crippen molar-refractivity contribution in [2.24, 2.45) is 0 Å². The van der Waals surface area contributed by atoms with E-state index < -0.39 is 5.54 Å². The minimum atomic E-state index is -1.04. The van der Waals surface area contributed by atoms with Crippen molar-refractivity contribution in [3.05, 3.63) is 53.7 Å². The zero-order valence-corrected chi connectivity index (χ0v) is 18.8. The lowest BCUT2D eigenvalue weighted by Crippen LogP contribution is -2.64. The molecule has 3 aromatic heterocycles. The molecule has 2 amide bonds. The summed E-state index contributed by atoms with van der Waals surface area (Å²) in [5.41, 5.74) is 1.81. The van der Waals surface area contributed by atoms with E-state index in [9.17, 15) is 9.59 Å². The lowest BCUT2D eigenvalue weighted by molar-refractivity contribution is -0.134. The van der Waals surface area contributed by atoms with Crippen molar-refractivity contribution in [2.75, 3.05) is 0 Å². The van der Waals surface area contributed by atoms with Gasteiger partial charge in [0.25, 0.3) is 5.91 Å². The van der Waals surface area contributed by atoms with Gasteiger partial charge in [0, 0.05) is 24.4 Å². The first-order valence-electron chi connectivity index (χ1n) is 11.6. The number of aryl methyl sites for hydroxylation is 1. The predicted octanol–water partition coefficient (Wildman–Crippen LogP) is 4.19. The highest BCUT2D eigenvalue weighted by atomic mass is 16.3. The Morgan fingerprint density at radius 3 is 2.72 bits per heavy atom. The van der Waals surface area contributed by atoms with Crippen LogP contribution < -0.4 is 5.32 Å². The second-order valence-corrected chi connectivity index (χ2v) is 9.37. The minimum absolute atomic E-state index is 0.0959. The van der Waals surface area contributed by atoms with Gasteiger partial charge in [-0.2, -0.15) is 0 Å². The van der Waals surface area contributed by atoms with Crippen molar-refractivity contribution in [3.63, 3.8) is 0 Å². The Bertz CT molecular complexity index is 1140. The van der Waals surface area contributed by atoms with Gasteiger partial charge in [0.15, 0.2) is 5.58 Å². The first-order valence-corrected chi connectivity index (χ1v) is 11.6. The van der Waals surface area contributed by atoms with Crippen LogP contribution in [0.3, 0.4) is 0 Å². The second kappa shape index (κ2) is 8.11. The van der Waals surface area contributed by atoms with Gasteiger partial charge in [-0.25, -0.2) is 0 Å². The summed E-state index contributed by atoms with van der Waals surface area (Å²) in [7, 11) is 0. The maximum absolute atomic E-state index is 13.8. The number of nitrogens with zero attached hydrogens (tertiary/aromatic N) is 3. The summed E-state index contributed by atoms with van der Waals surface area (Å²) in [4.78, 5) is 33.5. The van der Waals surface area contributed by atoms with E-state index in [0.717, 1.165) is 42.7 Å². The van der Waals surface area contributed by atoms with Gasteiger partial charge in [-0.05, 0) is 38.8 Å². The zero-order chi connectivity index (χ0) is 22.3. The number of hydrogen-bond donors (Lipinski definition) is 1. The lowest BCUT2D eigenvalue weighted by atomic mass is 9.93. The Hall–Kier alpha value is -3.09. The molecule has 0 spiro atoms. The summed E-state index contributed by atoms with van der Waals surface area (Å²) in [6.45, 7) is 4.42. The summed E-state index contributed by atoms with van der Waals surface area (Å²) in [5, 5.41) is 3.29. The maximum atomic E-state index is 13.8. The molecule has 32 heavy (non-hydrogen) atoms. The molecule has 0 saturated heterocycles. The van der Waals surface area contributed by atoms with Crippen molar-refractivity contribution >= 4 is 22.9 Å². The highest BCUT2D eigenvalue weighted by molar-refractivity contribution is 6.03. The number of pyridine rings is 1.